The maximum absolute atomic E-state index is 13.0. The third-order valence-corrected chi connectivity index (χ3v) is 4.56. The van der Waals surface area contributed by atoms with Crippen molar-refractivity contribution in [3.8, 4) is 0 Å². The van der Waals surface area contributed by atoms with E-state index in [-0.39, 0.29) is 5.82 Å². The van der Waals surface area contributed by atoms with E-state index in [2.05, 4.69) is 24.2 Å². The minimum atomic E-state index is -0.155. The zero-order valence-electron chi connectivity index (χ0n) is 13.5. The van der Waals surface area contributed by atoms with Crippen LogP contribution in [0.2, 0.25) is 0 Å². The predicted octanol–water partition coefficient (Wildman–Crippen LogP) is 3.82. The molecule has 1 N–H and O–H groups in total. The molecule has 2 rings (SSSR count). The molecule has 0 heterocycles. The van der Waals surface area contributed by atoms with E-state index in [1.807, 2.05) is 12.1 Å². The molecule has 0 atom stereocenters. The first-order valence-corrected chi connectivity index (χ1v) is 8.27. The van der Waals surface area contributed by atoms with Gasteiger partial charge in [-0.2, -0.15) is 0 Å². The maximum atomic E-state index is 13.0. The molecule has 1 saturated carbocycles. The van der Waals surface area contributed by atoms with Gasteiger partial charge in [0.2, 0.25) is 0 Å². The van der Waals surface area contributed by atoms with Crippen molar-refractivity contribution >= 4 is 0 Å². The Morgan fingerprint density at radius 1 is 1.19 bits per heavy atom. The number of benzene rings is 1. The fraction of sp³-hybridized carbons (Fsp3) is 0.667. The van der Waals surface area contributed by atoms with Crippen LogP contribution in [0.15, 0.2) is 24.3 Å². The smallest absolute Gasteiger partial charge is 0.123 e. The number of nitrogens with one attached hydrogen (secondary N) is 1. The molecule has 2 nitrogen and oxygen atoms in total. The van der Waals surface area contributed by atoms with Gasteiger partial charge in [0.25, 0.3) is 0 Å². The van der Waals surface area contributed by atoms with Crippen molar-refractivity contribution in [1.29, 1.82) is 0 Å². The summed E-state index contributed by atoms with van der Waals surface area (Å²) in [6.45, 7) is 6.49. The van der Waals surface area contributed by atoms with Crippen molar-refractivity contribution in [2.45, 2.75) is 45.6 Å². The van der Waals surface area contributed by atoms with Crippen LogP contribution in [-0.2, 0) is 6.54 Å². The molecule has 3 heteroatoms. The highest BCUT2D eigenvalue weighted by molar-refractivity contribution is 5.15. The van der Waals surface area contributed by atoms with Crippen LogP contribution in [0.3, 0.4) is 0 Å². The standard InChI is InChI=1S/C18H29FN2/c1-3-12-20-14-18(10-4-5-11-18)15-21(2)13-16-6-8-17(19)9-7-16/h6-9,20H,3-5,10-15H2,1-2H3. The summed E-state index contributed by atoms with van der Waals surface area (Å²) in [4.78, 5) is 2.40. The Balaban J connectivity index is 1.88. The first-order valence-electron chi connectivity index (χ1n) is 8.27. The summed E-state index contributed by atoms with van der Waals surface area (Å²) in [5.41, 5.74) is 1.62. The first-order chi connectivity index (χ1) is 10.1. The molecule has 118 valence electrons. The lowest BCUT2D eigenvalue weighted by atomic mass is 9.85. The largest absolute Gasteiger partial charge is 0.316 e. The number of nitrogens with zero attached hydrogens (tertiary/aromatic N) is 1. The quantitative estimate of drug-likeness (QED) is 0.733. The molecule has 0 unspecified atom stereocenters. The molecule has 1 aromatic rings. The van der Waals surface area contributed by atoms with Crippen LogP contribution >= 0.6 is 0 Å². The number of rotatable bonds is 8. The Labute approximate surface area is 128 Å². The Kier molecular flexibility index (Phi) is 6.19. The van der Waals surface area contributed by atoms with E-state index in [9.17, 15) is 4.39 Å². The van der Waals surface area contributed by atoms with Gasteiger partial charge in [0.1, 0.15) is 5.82 Å². The molecule has 0 amide bonds. The second-order valence-electron chi connectivity index (χ2n) is 6.68. The van der Waals surface area contributed by atoms with Gasteiger partial charge in [-0.05, 0) is 56.0 Å². The minimum Gasteiger partial charge on any atom is -0.316 e. The number of halogens is 1. The third kappa shape index (κ3) is 5.08. The third-order valence-electron chi connectivity index (χ3n) is 4.56. The average Bonchev–Trinajstić information content (AvgIpc) is 2.90. The van der Waals surface area contributed by atoms with E-state index in [4.69, 9.17) is 0 Å². The predicted molar refractivity (Wildman–Crippen MR) is 86.8 cm³/mol. The molecular formula is C18H29FN2. The minimum absolute atomic E-state index is 0.155. The lowest BCUT2D eigenvalue weighted by molar-refractivity contribution is 0.168. The molecule has 1 aliphatic rings. The summed E-state index contributed by atoms with van der Waals surface area (Å²) in [6, 6.07) is 6.89. The van der Waals surface area contributed by atoms with Crippen LogP contribution in [0, 0.1) is 11.2 Å². The van der Waals surface area contributed by atoms with Gasteiger partial charge in [-0.3, -0.25) is 0 Å². The SMILES string of the molecule is CCCNCC1(CN(C)Cc2ccc(F)cc2)CCCC1. The van der Waals surface area contributed by atoms with Gasteiger partial charge < -0.3 is 10.2 Å². The van der Waals surface area contributed by atoms with Crippen LogP contribution < -0.4 is 5.32 Å². The Morgan fingerprint density at radius 3 is 2.48 bits per heavy atom. The Bertz CT molecular complexity index is 410. The van der Waals surface area contributed by atoms with Crippen molar-refractivity contribution in [3.63, 3.8) is 0 Å². The van der Waals surface area contributed by atoms with Gasteiger partial charge >= 0.3 is 0 Å². The van der Waals surface area contributed by atoms with Crippen LogP contribution in [0.5, 0.6) is 0 Å². The highest BCUT2D eigenvalue weighted by Gasteiger charge is 2.34. The zero-order chi connectivity index (χ0) is 15.1. The van der Waals surface area contributed by atoms with Gasteiger partial charge in [0.05, 0.1) is 0 Å². The summed E-state index contributed by atoms with van der Waals surface area (Å²) in [6.07, 6.45) is 6.58. The lowest BCUT2D eigenvalue weighted by Gasteiger charge is -2.34. The molecule has 0 aromatic heterocycles. The average molecular weight is 292 g/mol. The first kappa shape index (κ1) is 16.4. The van der Waals surface area contributed by atoms with Crippen molar-refractivity contribution in [2.24, 2.45) is 5.41 Å². The van der Waals surface area contributed by atoms with E-state index in [1.165, 1.54) is 37.7 Å². The molecular weight excluding hydrogens is 263 g/mol. The Morgan fingerprint density at radius 2 is 1.86 bits per heavy atom. The summed E-state index contributed by atoms with van der Waals surface area (Å²) in [5, 5.41) is 3.62. The van der Waals surface area contributed by atoms with E-state index in [0.29, 0.717) is 5.41 Å². The highest BCUT2D eigenvalue weighted by atomic mass is 19.1. The molecule has 0 saturated heterocycles. The van der Waals surface area contributed by atoms with Gasteiger partial charge in [-0.1, -0.05) is 31.9 Å². The van der Waals surface area contributed by atoms with Gasteiger partial charge in [0.15, 0.2) is 0 Å². The van der Waals surface area contributed by atoms with Gasteiger partial charge in [0, 0.05) is 19.6 Å². The number of hydrogen-bond donors (Lipinski definition) is 1. The van der Waals surface area contributed by atoms with E-state index >= 15 is 0 Å². The second kappa shape index (κ2) is 7.90. The summed E-state index contributed by atoms with van der Waals surface area (Å²) in [5.74, 6) is -0.155. The van der Waals surface area contributed by atoms with E-state index in [0.717, 1.165) is 26.2 Å². The van der Waals surface area contributed by atoms with Crippen molar-refractivity contribution < 1.29 is 4.39 Å². The molecule has 0 bridgehead atoms. The van der Waals surface area contributed by atoms with Gasteiger partial charge in [-0.15, -0.1) is 0 Å². The molecule has 0 spiro atoms. The zero-order valence-corrected chi connectivity index (χ0v) is 13.5. The fourth-order valence-electron chi connectivity index (χ4n) is 3.58. The van der Waals surface area contributed by atoms with Gasteiger partial charge in [-0.25, -0.2) is 4.39 Å². The maximum Gasteiger partial charge on any atom is 0.123 e. The monoisotopic (exact) mass is 292 g/mol. The second-order valence-corrected chi connectivity index (χ2v) is 6.68. The summed E-state index contributed by atoms with van der Waals surface area (Å²) in [7, 11) is 2.18. The fourth-order valence-corrected chi connectivity index (χ4v) is 3.58. The lowest BCUT2D eigenvalue weighted by Crippen LogP contribution is -2.41. The molecule has 1 aliphatic carbocycles. The van der Waals surface area contributed by atoms with Crippen molar-refractivity contribution in [1.82, 2.24) is 10.2 Å². The molecule has 1 fully saturated rings. The normalized spacial score (nSPS) is 17.5. The highest BCUT2D eigenvalue weighted by Crippen LogP contribution is 2.38. The van der Waals surface area contributed by atoms with Crippen molar-refractivity contribution in [2.75, 3.05) is 26.7 Å². The van der Waals surface area contributed by atoms with Crippen molar-refractivity contribution in [3.05, 3.63) is 35.6 Å². The topological polar surface area (TPSA) is 15.3 Å². The number of hydrogen-bond acceptors (Lipinski definition) is 2. The van der Waals surface area contributed by atoms with Crippen LogP contribution in [0.25, 0.3) is 0 Å². The molecule has 21 heavy (non-hydrogen) atoms. The Hall–Kier alpha value is -0.930. The van der Waals surface area contributed by atoms with Crippen LogP contribution in [0.4, 0.5) is 4.39 Å². The summed E-state index contributed by atoms with van der Waals surface area (Å²) >= 11 is 0. The summed E-state index contributed by atoms with van der Waals surface area (Å²) < 4.78 is 13.0. The molecule has 0 aliphatic heterocycles. The van der Waals surface area contributed by atoms with E-state index < -0.39 is 0 Å². The molecule has 1 aromatic carbocycles. The molecule has 0 radical (unpaired) electrons. The van der Waals surface area contributed by atoms with Crippen LogP contribution in [-0.4, -0.2) is 31.6 Å². The van der Waals surface area contributed by atoms with E-state index in [1.54, 1.807) is 12.1 Å². The van der Waals surface area contributed by atoms with Crippen LogP contribution in [0.1, 0.15) is 44.6 Å².